The van der Waals surface area contributed by atoms with Crippen LogP contribution in [0.15, 0.2) is 23.1 Å². The normalized spacial score (nSPS) is 24.4. The molecule has 1 saturated carbocycles. The predicted octanol–water partition coefficient (Wildman–Crippen LogP) is 1.48. The molecule has 0 radical (unpaired) electrons. The molecule has 0 spiro atoms. The third-order valence-electron chi connectivity index (χ3n) is 2.98. The van der Waals surface area contributed by atoms with Gasteiger partial charge >= 0.3 is 0 Å². The largest absolute Gasteiger partial charge is 0.396 e. The van der Waals surface area contributed by atoms with Crippen molar-refractivity contribution in [1.29, 1.82) is 0 Å². The van der Waals surface area contributed by atoms with E-state index >= 15 is 0 Å². The Morgan fingerprint density at radius 2 is 2.06 bits per heavy atom. The summed E-state index contributed by atoms with van der Waals surface area (Å²) >= 11 is 0. The molecule has 1 aromatic carbocycles. The first kappa shape index (κ1) is 12.3. The Kier molecular flexibility index (Phi) is 3.09. The highest BCUT2D eigenvalue weighted by Crippen LogP contribution is 2.28. The Balaban J connectivity index is 2.17. The average Bonchev–Trinajstić information content (AvgIpc) is 2.19. The molecule has 0 amide bonds. The van der Waals surface area contributed by atoms with Crippen LogP contribution in [-0.4, -0.2) is 14.5 Å². The number of benzene rings is 1. The van der Waals surface area contributed by atoms with E-state index in [0.29, 0.717) is 5.92 Å². The van der Waals surface area contributed by atoms with Crippen LogP contribution in [-0.2, 0) is 10.0 Å². The quantitative estimate of drug-likeness (QED) is 0.807. The highest BCUT2D eigenvalue weighted by molar-refractivity contribution is 7.89. The lowest BCUT2D eigenvalue weighted by molar-refractivity contribution is 0.270. The number of halogens is 1. The number of nitrogen functional groups attached to an aromatic ring is 1. The maximum absolute atomic E-state index is 13.2. The maximum Gasteiger partial charge on any atom is 0.240 e. The third-order valence-corrected chi connectivity index (χ3v) is 4.50. The van der Waals surface area contributed by atoms with E-state index in [-0.39, 0.29) is 16.6 Å². The average molecular weight is 258 g/mol. The van der Waals surface area contributed by atoms with E-state index in [1.54, 1.807) is 0 Å². The lowest BCUT2D eigenvalue weighted by Crippen LogP contribution is -2.43. The van der Waals surface area contributed by atoms with Crippen LogP contribution in [0.3, 0.4) is 0 Å². The minimum Gasteiger partial charge on any atom is -0.396 e. The highest BCUT2D eigenvalue weighted by Gasteiger charge is 2.29. The van der Waals surface area contributed by atoms with Gasteiger partial charge in [0, 0.05) is 6.04 Å². The van der Waals surface area contributed by atoms with E-state index < -0.39 is 15.8 Å². The molecule has 17 heavy (non-hydrogen) atoms. The van der Waals surface area contributed by atoms with Crippen LogP contribution in [0.2, 0.25) is 0 Å². The summed E-state index contributed by atoms with van der Waals surface area (Å²) in [6, 6.07) is 3.48. The van der Waals surface area contributed by atoms with Crippen LogP contribution >= 0.6 is 0 Å². The van der Waals surface area contributed by atoms with Gasteiger partial charge in [-0.25, -0.2) is 17.5 Å². The Morgan fingerprint density at radius 3 is 2.59 bits per heavy atom. The van der Waals surface area contributed by atoms with Gasteiger partial charge in [-0.15, -0.1) is 0 Å². The van der Waals surface area contributed by atoms with Crippen molar-refractivity contribution in [2.45, 2.75) is 30.7 Å². The molecular weight excluding hydrogens is 243 g/mol. The molecule has 0 aliphatic heterocycles. The van der Waals surface area contributed by atoms with Crippen molar-refractivity contribution in [3.8, 4) is 0 Å². The second kappa shape index (κ2) is 4.27. The molecule has 1 aliphatic rings. The zero-order valence-corrected chi connectivity index (χ0v) is 10.3. The lowest BCUT2D eigenvalue weighted by atomic mass is 9.83. The molecular formula is C11H15FN2O2S. The van der Waals surface area contributed by atoms with Crippen molar-refractivity contribution in [3.63, 3.8) is 0 Å². The van der Waals surface area contributed by atoms with Gasteiger partial charge in [0.05, 0.1) is 10.6 Å². The molecule has 1 aliphatic carbocycles. The topological polar surface area (TPSA) is 72.2 Å². The first-order chi connectivity index (χ1) is 7.88. The van der Waals surface area contributed by atoms with Gasteiger partial charge in [-0.05, 0) is 37.0 Å². The first-order valence-corrected chi connectivity index (χ1v) is 6.94. The summed E-state index contributed by atoms with van der Waals surface area (Å²) in [7, 11) is -3.63. The summed E-state index contributed by atoms with van der Waals surface area (Å²) in [5.74, 6) is -0.166. The summed E-state index contributed by atoms with van der Waals surface area (Å²) in [4.78, 5) is -0.0799. The molecule has 0 aromatic heterocycles. The summed E-state index contributed by atoms with van der Waals surface area (Å²) in [6.07, 6.45) is 1.66. The first-order valence-electron chi connectivity index (χ1n) is 5.46. The zero-order chi connectivity index (χ0) is 12.6. The lowest BCUT2D eigenvalue weighted by Gasteiger charge is -2.32. The fraction of sp³-hybridized carbons (Fsp3) is 0.455. The summed E-state index contributed by atoms with van der Waals surface area (Å²) < 4.78 is 39.5. The van der Waals surface area contributed by atoms with Crippen LogP contribution in [0.25, 0.3) is 0 Å². The number of rotatable bonds is 3. The highest BCUT2D eigenvalue weighted by atomic mass is 32.2. The van der Waals surface area contributed by atoms with Crippen molar-refractivity contribution in [2.75, 3.05) is 5.73 Å². The van der Waals surface area contributed by atoms with Crippen molar-refractivity contribution >= 4 is 15.7 Å². The number of nitrogens with two attached hydrogens (primary N) is 1. The van der Waals surface area contributed by atoms with Gasteiger partial charge in [0.25, 0.3) is 0 Å². The Labute approximate surface area is 100 Å². The molecule has 0 unspecified atom stereocenters. The van der Waals surface area contributed by atoms with Crippen LogP contribution < -0.4 is 10.5 Å². The van der Waals surface area contributed by atoms with E-state index in [4.69, 9.17) is 5.73 Å². The van der Waals surface area contributed by atoms with Gasteiger partial charge in [0.1, 0.15) is 5.82 Å². The van der Waals surface area contributed by atoms with E-state index in [1.807, 2.05) is 0 Å². The van der Waals surface area contributed by atoms with Crippen molar-refractivity contribution in [2.24, 2.45) is 5.92 Å². The van der Waals surface area contributed by atoms with E-state index in [1.165, 1.54) is 12.1 Å². The third kappa shape index (κ3) is 2.58. The maximum atomic E-state index is 13.2. The second-order valence-electron chi connectivity index (χ2n) is 4.58. The van der Waals surface area contributed by atoms with Crippen LogP contribution in [0.4, 0.5) is 10.1 Å². The van der Waals surface area contributed by atoms with Crippen LogP contribution in [0.1, 0.15) is 19.8 Å². The van der Waals surface area contributed by atoms with Gasteiger partial charge in [0.15, 0.2) is 0 Å². The SMILES string of the molecule is CC1CC(NS(=O)(=O)c2ccc(N)c(F)c2)C1. The summed E-state index contributed by atoms with van der Waals surface area (Å²) in [5, 5.41) is 0. The summed E-state index contributed by atoms with van der Waals surface area (Å²) in [6.45, 7) is 2.06. The Hall–Kier alpha value is -1.14. The number of hydrogen-bond acceptors (Lipinski definition) is 3. The molecule has 4 nitrogen and oxygen atoms in total. The fourth-order valence-corrected chi connectivity index (χ4v) is 3.23. The van der Waals surface area contributed by atoms with Crippen molar-refractivity contribution < 1.29 is 12.8 Å². The van der Waals surface area contributed by atoms with Crippen molar-refractivity contribution in [1.82, 2.24) is 4.72 Å². The van der Waals surface area contributed by atoms with Crippen molar-refractivity contribution in [3.05, 3.63) is 24.0 Å². The molecule has 1 aromatic rings. The van der Waals surface area contributed by atoms with Crippen LogP contribution in [0.5, 0.6) is 0 Å². The Bertz CT molecular complexity index is 524. The molecule has 0 saturated heterocycles. The molecule has 0 heterocycles. The molecule has 0 atom stereocenters. The molecule has 2 rings (SSSR count). The standard InChI is InChI=1S/C11H15FN2O2S/c1-7-4-8(5-7)14-17(15,16)9-2-3-11(13)10(12)6-9/h2-3,6-8,14H,4-5,13H2,1H3. The van der Waals surface area contributed by atoms with Gasteiger partial charge < -0.3 is 5.73 Å². The number of nitrogens with one attached hydrogen (secondary N) is 1. The molecule has 0 bridgehead atoms. The van der Waals surface area contributed by atoms with Gasteiger partial charge in [-0.2, -0.15) is 0 Å². The monoisotopic (exact) mass is 258 g/mol. The smallest absolute Gasteiger partial charge is 0.240 e. The predicted molar refractivity (Wildman–Crippen MR) is 63.3 cm³/mol. The zero-order valence-electron chi connectivity index (χ0n) is 9.48. The van der Waals surface area contributed by atoms with E-state index in [0.717, 1.165) is 18.9 Å². The van der Waals surface area contributed by atoms with E-state index in [9.17, 15) is 12.8 Å². The fourth-order valence-electron chi connectivity index (χ4n) is 1.96. The van der Waals surface area contributed by atoms with E-state index in [2.05, 4.69) is 11.6 Å². The second-order valence-corrected chi connectivity index (χ2v) is 6.29. The molecule has 3 N–H and O–H groups in total. The number of hydrogen-bond donors (Lipinski definition) is 2. The Morgan fingerprint density at radius 1 is 1.41 bits per heavy atom. The minimum absolute atomic E-state index is 0.0318. The van der Waals surface area contributed by atoms with Gasteiger partial charge in [-0.1, -0.05) is 6.92 Å². The molecule has 1 fully saturated rings. The molecule has 94 valence electrons. The van der Waals surface area contributed by atoms with Crippen LogP contribution in [0, 0.1) is 11.7 Å². The van der Waals surface area contributed by atoms with Gasteiger partial charge in [-0.3, -0.25) is 0 Å². The molecule has 6 heteroatoms. The summed E-state index contributed by atoms with van der Waals surface area (Å²) in [5.41, 5.74) is 5.24. The number of anilines is 1. The number of sulfonamides is 1. The van der Waals surface area contributed by atoms with Gasteiger partial charge in [0.2, 0.25) is 10.0 Å². The minimum atomic E-state index is -3.63.